The maximum absolute atomic E-state index is 10.7. The molecule has 0 aliphatic carbocycles. The van der Waals surface area contributed by atoms with E-state index in [1.54, 1.807) is 0 Å². The molecule has 0 bridgehead atoms. The van der Waals surface area contributed by atoms with Crippen molar-refractivity contribution >= 4 is 5.69 Å². The molecule has 0 radical (unpaired) electrons. The molecule has 6 nitrogen and oxygen atoms in total. The van der Waals surface area contributed by atoms with Crippen molar-refractivity contribution < 1.29 is 15.1 Å². The number of phenolic OH excluding ortho intramolecular Hbond substituents is 1. The standard InChI is InChI=1S/C10H12N2O4/c1-2-8(11)7-3-6(5-13)4-9(10(7)14)12(15)16/h2-4,8,13-14H,1,5,11H2/t8-/m0/s1. The molecule has 0 spiro atoms. The van der Waals surface area contributed by atoms with Crippen molar-refractivity contribution in [3.8, 4) is 5.75 Å². The summed E-state index contributed by atoms with van der Waals surface area (Å²) in [7, 11) is 0. The Hall–Kier alpha value is -1.92. The molecular formula is C10H12N2O4. The van der Waals surface area contributed by atoms with Crippen molar-refractivity contribution in [3.63, 3.8) is 0 Å². The predicted molar refractivity (Wildman–Crippen MR) is 57.8 cm³/mol. The van der Waals surface area contributed by atoms with Gasteiger partial charge >= 0.3 is 5.69 Å². The van der Waals surface area contributed by atoms with E-state index in [1.165, 1.54) is 12.1 Å². The highest BCUT2D eigenvalue weighted by Crippen LogP contribution is 2.34. The van der Waals surface area contributed by atoms with Gasteiger partial charge in [0, 0.05) is 11.6 Å². The quantitative estimate of drug-likeness (QED) is 0.401. The van der Waals surface area contributed by atoms with Gasteiger partial charge in [-0.15, -0.1) is 6.58 Å². The van der Waals surface area contributed by atoms with Crippen molar-refractivity contribution in [2.24, 2.45) is 5.73 Å². The summed E-state index contributed by atoms with van der Waals surface area (Å²) in [5.41, 5.74) is 5.62. The second-order valence-corrected chi connectivity index (χ2v) is 3.23. The van der Waals surface area contributed by atoms with Crippen LogP contribution in [0.1, 0.15) is 17.2 Å². The fourth-order valence-corrected chi connectivity index (χ4v) is 1.31. The molecule has 1 atom stereocenters. The van der Waals surface area contributed by atoms with Gasteiger partial charge in [-0.25, -0.2) is 0 Å². The largest absolute Gasteiger partial charge is 0.502 e. The van der Waals surface area contributed by atoms with Gasteiger partial charge in [0.25, 0.3) is 0 Å². The number of rotatable bonds is 4. The van der Waals surface area contributed by atoms with E-state index in [0.29, 0.717) is 5.56 Å². The number of aliphatic hydroxyl groups is 1. The Morgan fingerprint density at radius 2 is 2.25 bits per heavy atom. The lowest BCUT2D eigenvalue weighted by molar-refractivity contribution is -0.386. The van der Waals surface area contributed by atoms with Crippen LogP contribution in [0.5, 0.6) is 5.75 Å². The number of benzene rings is 1. The number of phenols is 1. The Morgan fingerprint density at radius 3 is 2.69 bits per heavy atom. The fraction of sp³-hybridized carbons (Fsp3) is 0.200. The molecule has 1 aromatic carbocycles. The predicted octanol–water partition coefficient (Wildman–Crippen LogP) is 0.978. The zero-order valence-electron chi connectivity index (χ0n) is 8.46. The summed E-state index contributed by atoms with van der Waals surface area (Å²) >= 11 is 0. The SMILES string of the molecule is C=C[C@H](N)c1cc(CO)cc([N+](=O)[O-])c1O. The van der Waals surface area contributed by atoms with E-state index in [9.17, 15) is 15.2 Å². The normalized spacial score (nSPS) is 12.1. The average molecular weight is 224 g/mol. The van der Waals surface area contributed by atoms with Gasteiger partial charge in [0.05, 0.1) is 17.6 Å². The minimum Gasteiger partial charge on any atom is -0.502 e. The highest BCUT2D eigenvalue weighted by molar-refractivity contribution is 5.55. The first kappa shape index (κ1) is 12.2. The number of nitro groups is 1. The molecule has 86 valence electrons. The molecule has 6 heteroatoms. The van der Waals surface area contributed by atoms with Gasteiger partial charge in [-0.2, -0.15) is 0 Å². The molecule has 0 saturated carbocycles. The molecule has 0 heterocycles. The van der Waals surface area contributed by atoms with E-state index in [-0.39, 0.29) is 12.2 Å². The number of aliphatic hydroxyl groups excluding tert-OH is 1. The Balaban J connectivity index is 3.42. The van der Waals surface area contributed by atoms with E-state index in [1.807, 2.05) is 0 Å². The Labute approximate surface area is 91.8 Å². The van der Waals surface area contributed by atoms with Crippen LogP contribution < -0.4 is 5.73 Å². The van der Waals surface area contributed by atoms with Crippen LogP contribution in [0, 0.1) is 10.1 Å². The highest BCUT2D eigenvalue weighted by atomic mass is 16.6. The van der Waals surface area contributed by atoms with Gasteiger partial charge in [0.15, 0.2) is 5.75 Å². The average Bonchev–Trinajstić information content (AvgIpc) is 2.28. The third kappa shape index (κ3) is 2.18. The summed E-state index contributed by atoms with van der Waals surface area (Å²) in [4.78, 5) is 9.92. The first-order valence-corrected chi connectivity index (χ1v) is 4.50. The van der Waals surface area contributed by atoms with Crippen molar-refractivity contribution in [2.45, 2.75) is 12.6 Å². The number of nitro benzene ring substituents is 1. The van der Waals surface area contributed by atoms with Crippen LogP contribution in [0.25, 0.3) is 0 Å². The van der Waals surface area contributed by atoms with Gasteiger partial charge in [0.1, 0.15) is 0 Å². The van der Waals surface area contributed by atoms with E-state index < -0.39 is 22.4 Å². The van der Waals surface area contributed by atoms with Crippen LogP contribution >= 0.6 is 0 Å². The molecule has 16 heavy (non-hydrogen) atoms. The Bertz CT molecular complexity index is 431. The summed E-state index contributed by atoms with van der Waals surface area (Å²) in [6, 6.07) is 1.80. The first-order valence-electron chi connectivity index (χ1n) is 4.50. The van der Waals surface area contributed by atoms with Crippen molar-refractivity contribution in [1.29, 1.82) is 0 Å². The van der Waals surface area contributed by atoms with Gasteiger partial charge in [-0.3, -0.25) is 10.1 Å². The van der Waals surface area contributed by atoms with Crippen LogP contribution in [-0.2, 0) is 6.61 Å². The highest BCUT2D eigenvalue weighted by Gasteiger charge is 2.21. The number of hydrogen-bond acceptors (Lipinski definition) is 5. The van der Waals surface area contributed by atoms with Crippen LogP contribution in [0.2, 0.25) is 0 Å². The van der Waals surface area contributed by atoms with Crippen LogP contribution in [0.3, 0.4) is 0 Å². The van der Waals surface area contributed by atoms with E-state index in [4.69, 9.17) is 10.8 Å². The fourth-order valence-electron chi connectivity index (χ4n) is 1.31. The van der Waals surface area contributed by atoms with E-state index in [2.05, 4.69) is 6.58 Å². The zero-order chi connectivity index (χ0) is 12.3. The Morgan fingerprint density at radius 1 is 1.62 bits per heavy atom. The summed E-state index contributed by atoms with van der Waals surface area (Å²) in [6.45, 7) is 3.08. The number of aromatic hydroxyl groups is 1. The van der Waals surface area contributed by atoms with Crippen molar-refractivity contribution in [2.75, 3.05) is 0 Å². The molecule has 0 unspecified atom stereocenters. The number of nitrogens with two attached hydrogens (primary N) is 1. The van der Waals surface area contributed by atoms with Gasteiger partial charge < -0.3 is 15.9 Å². The van der Waals surface area contributed by atoms with Crippen molar-refractivity contribution in [1.82, 2.24) is 0 Å². The summed E-state index contributed by atoms with van der Waals surface area (Å²) in [6.07, 6.45) is 1.35. The summed E-state index contributed by atoms with van der Waals surface area (Å²) < 4.78 is 0. The molecule has 0 aliphatic rings. The maximum Gasteiger partial charge on any atom is 0.311 e. The molecule has 0 aromatic heterocycles. The molecule has 1 aromatic rings. The lowest BCUT2D eigenvalue weighted by Gasteiger charge is -2.10. The maximum atomic E-state index is 10.7. The molecule has 0 fully saturated rings. The molecule has 0 aliphatic heterocycles. The first-order chi connectivity index (χ1) is 7.51. The van der Waals surface area contributed by atoms with Gasteiger partial charge in [-0.1, -0.05) is 6.08 Å². The number of nitrogens with zero attached hydrogens (tertiary/aromatic N) is 1. The second kappa shape index (κ2) is 4.73. The van der Waals surface area contributed by atoms with Crippen LogP contribution in [0.4, 0.5) is 5.69 Å². The third-order valence-electron chi connectivity index (χ3n) is 2.17. The van der Waals surface area contributed by atoms with E-state index >= 15 is 0 Å². The Kier molecular flexibility index (Phi) is 3.60. The van der Waals surface area contributed by atoms with Gasteiger partial charge in [-0.05, 0) is 11.6 Å². The van der Waals surface area contributed by atoms with Crippen molar-refractivity contribution in [3.05, 3.63) is 46.0 Å². The summed E-state index contributed by atoms with van der Waals surface area (Å²) in [5.74, 6) is -0.491. The third-order valence-corrected chi connectivity index (χ3v) is 2.17. The minimum absolute atomic E-state index is 0.174. The van der Waals surface area contributed by atoms with Crippen LogP contribution in [0.15, 0.2) is 24.8 Å². The van der Waals surface area contributed by atoms with Gasteiger partial charge in [0.2, 0.25) is 0 Å². The zero-order valence-corrected chi connectivity index (χ0v) is 8.46. The van der Waals surface area contributed by atoms with Crippen LogP contribution in [-0.4, -0.2) is 15.1 Å². The molecular weight excluding hydrogens is 212 g/mol. The lowest BCUT2D eigenvalue weighted by atomic mass is 10.0. The molecule has 0 amide bonds. The smallest absolute Gasteiger partial charge is 0.311 e. The lowest BCUT2D eigenvalue weighted by Crippen LogP contribution is -2.08. The minimum atomic E-state index is -0.728. The monoisotopic (exact) mass is 224 g/mol. The topological polar surface area (TPSA) is 110 Å². The summed E-state index contributed by atoms with van der Waals surface area (Å²) in [5, 5.41) is 29.2. The van der Waals surface area contributed by atoms with E-state index in [0.717, 1.165) is 6.07 Å². The molecule has 4 N–H and O–H groups in total. The molecule has 1 rings (SSSR count). The second-order valence-electron chi connectivity index (χ2n) is 3.23. The number of hydrogen-bond donors (Lipinski definition) is 3. The molecule has 0 saturated heterocycles.